The first kappa shape index (κ1) is 14.4. The van der Waals surface area contributed by atoms with Gasteiger partial charge in [-0.15, -0.1) is 0 Å². The van der Waals surface area contributed by atoms with E-state index < -0.39 is 5.41 Å². The van der Waals surface area contributed by atoms with E-state index in [0.717, 1.165) is 18.3 Å². The number of nitrogens with zero attached hydrogens (tertiary/aromatic N) is 1. The molecule has 18 heavy (non-hydrogen) atoms. The van der Waals surface area contributed by atoms with E-state index in [9.17, 15) is 14.9 Å². The molecule has 0 aliphatic heterocycles. The van der Waals surface area contributed by atoms with E-state index >= 15 is 0 Å². The molecule has 0 radical (unpaired) electrons. The van der Waals surface area contributed by atoms with E-state index in [1.165, 1.54) is 0 Å². The molecule has 0 fully saturated rings. The summed E-state index contributed by atoms with van der Waals surface area (Å²) in [4.78, 5) is 21.9. The summed E-state index contributed by atoms with van der Waals surface area (Å²) in [5, 5.41) is 10.8. The Labute approximate surface area is 107 Å². The average molecular weight is 249 g/mol. The van der Waals surface area contributed by atoms with Crippen molar-refractivity contribution < 1.29 is 9.72 Å². The number of hydrogen-bond donors (Lipinski definition) is 0. The van der Waals surface area contributed by atoms with Crippen LogP contribution in [-0.2, 0) is 4.79 Å². The van der Waals surface area contributed by atoms with Crippen LogP contribution < -0.4 is 0 Å². The number of nitro groups is 1. The van der Waals surface area contributed by atoms with E-state index in [0.29, 0.717) is 6.42 Å². The van der Waals surface area contributed by atoms with Gasteiger partial charge in [0.2, 0.25) is 6.54 Å². The fourth-order valence-electron chi connectivity index (χ4n) is 2.38. The number of hydrogen-bond acceptors (Lipinski definition) is 3. The first-order chi connectivity index (χ1) is 8.53. The molecule has 0 aliphatic rings. The predicted molar refractivity (Wildman–Crippen MR) is 70.1 cm³/mol. The fraction of sp³-hybridized carbons (Fsp3) is 0.500. The highest BCUT2D eigenvalue weighted by atomic mass is 16.6. The number of carbonyl (C=O) groups is 1. The van der Waals surface area contributed by atoms with Crippen LogP contribution in [0.4, 0.5) is 0 Å². The third kappa shape index (κ3) is 3.39. The maximum atomic E-state index is 11.4. The lowest BCUT2D eigenvalue weighted by molar-refractivity contribution is -0.485. The highest BCUT2D eigenvalue weighted by Crippen LogP contribution is 2.38. The van der Waals surface area contributed by atoms with Crippen LogP contribution >= 0.6 is 0 Å². The summed E-state index contributed by atoms with van der Waals surface area (Å²) in [5.74, 6) is -0.369. The van der Waals surface area contributed by atoms with Crippen molar-refractivity contribution in [3.05, 3.63) is 46.0 Å². The van der Waals surface area contributed by atoms with E-state index in [1.807, 2.05) is 44.2 Å². The van der Waals surface area contributed by atoms with Crippen molar-refractivity contribution in [1.82, 2.24) is 0 Å². The van der Waals surface area contributed by atoms with Crippen molar-refractivity contribution in [2.45, 2.75) is 32.6 Å². The summed E-state index contributed by atoms with van der Waals surface area (Å²) in [5.41, 5.74) is 0.181. The first-order valence-electron chi connectivity index (χ1n) is 6.16. The second-order valence-corrected chi connectivity index (χ2v) is 4.85. The van der Waals surface area contributed by atoms with Crippen LogP contribution in [-0.4, -0.2) is 17.8 Å². The van der Waals surface area contributed by atoms with Crippen molar-refractivity contribution in [2.75, 3.05) is 6.54 Å². The topological polar surface area (TPSA) is 60.2 Å². The third-order valence-electron chi connectivity index (χ3n) is 3.39. The van der Waals surface area contributed by atoms with E-state index in [1.54, 1.807) is 0 Å². The molecule has 1 aromatic rings. The van der Waals surface area contributed by atoms with Crippen LogP contribution in [0.15, 0.2) is 30.3 Å². The highest BCUT2D eigenvalue weighted by molar-refractivity contribution is 5.61. The quantitative estimate of drug-likeness (QED) is 0.424. The number of rotatable bonds is 7. The van der Waals surface area contributed by atoms with Crippen molar-refractivity contribution in [1.29, 1.82) is 0 Å². The molecule has 2 atom stereocenters. The Bertz CT molecular complexity index is 405. The second kappa shape index (κ2) is 6.28. The van der Waals surface area contributed by atoms with Gasteiger partial charge in [0.1, 0.15) is 6.29 Å². The number of carbonyl (C=O) groups excluding carboxylic acids is 1. The summed E-state index contributed by atoms with van der Waals surface area (Å²) in [7, 11) is 0. The maximum absolute atomic E-state index is 11.4. The van der Waals surface area contributed by atoms with Crippen LogP contribution in [0.1, 0.15) is 38.2 Å². The van der Waals surface area contributed by atoms with E-state index in [2.05, 4.69) is 0 Å². The molecule has 0 aliphatic carbocycles. The predicted octanol–water partition coefficient (Wildman–Crippen LogP) is 3.05. The molecule has 0 saturated carbocycles. The third-order valence-corrected chi connectivity index (χ3v) is 3.39. The molecule has 4 nitrogen and oxygen atoms in total. The first-order valence-corrected chi connectivity index (χ1v) is 6.16. The van der Waals surface area contributed by atoms with Crippen LogP contribution in [0.25, 0.3) is 0 Å². The molecular formula is C14H19NO3. The van der Waals surface area contributed by atoms with Crippen LogP contribution in [0.3, 0.4) is 0 Å². The largest absolute Gasteiger partial charge is 0.303 e. The van der Waals surface area contributed by atoms with Crippen molar-refractivity contribution in [2.24, 2.45) is 5.41 Å². The molecule has 0 heterocycles. The molecule has 98 valence electrons. The molecule has 1 rings (SSSR count). The molecule has 0 spiro atoms. The van der Waals surface area contributed by atoms with Gasteiger partial charge in [-0.2, -0.15) is 0 Å². The standard InChI is InChI=1S/C14H19NO3/c1-3-9-14(2,11-16)13(10-15(17)18)12-7-5-4-6-8-12/h4-8,11,13H,3,9-10H2,1-2H3/t13-,14+/m1/s1. The van der Waals surface area contributed by atoms with Crippen molar-refractivity contribution in [3.63, 3.8) is 0 Å². The molecule has 0 saturated heterocycles. The Balaban J connectivity index is 3.11. The molecular weight excluding hydrogens is 230 g/mol. The molecule has 0 unspecified atom stereocenters. The lowest BCUT2D eigenvalue weighted by Crippen LogP contribution is -2.32. The van der Waals surface area contributed by atoms with Gasteiger partial charge in [-0.25, -0.2) is 0 Å². The van der Waals surface area contributed by atoms with Gasteiger partial charge in [0.05, 0.1) is 5.92 Å². The van der Waals surface area contributed by atoms with Gasteiger partial charge in [0.15, 0.2) is 0 Å². The molecule has 0 bridgehead atoms. The zero-order chi connectivity index (χ0) is 13.6. The zero-order valence-corrected chi connectivity index (χ0v) is 10.8. The summed E-state index contributed by atoms with van der Waals surface area (Å²) < 4.78 is 0. The lowest BCUT2D eigenvalue weighted by atomic mass is 9.71. The number of benzene rings is 1. The number of aldehydes is 1. The van der Waals surface area contributed by atoms with Gasteiger partial charge in [0.25, 0.3) is 0 Å². The van der Waals surface area contributed by atoms with Crippen molar-refractivity contribution in [3.8, 4) is 0 Å². The minimum Gasteiger partial charge on any atom is -0.303 e. The van der Waals surface area contributed by atoms with Gasteiger partial charge < -0.3 is 4.79 Å². The summed E-state index contributed by atoms with van der Waals surface area (Å²) in [6.07, 6.45) is 2.36. The fourth-order valence-corrected chi connectivity index (χ4v) is 2.38. The normalized spacial score (nSPS) is 15.7. The van der Waals surface area contributed by atoms with Gasteiger partial charge >= 0.3 is 0 Å². The average Bonchev–Trinajstić information content (AvgIpc) is 2.37. The summed E-state index contributed by atoms with van der Waals surface area (Å²) >= 11 is 0. The van der Waals surface area contributed by atoms with Gasteiger partial charge in [-0.1, -0.05) is 50.6 Å². The Hall–Kier alpha value is -1.71. The Morgan fingerprint density at radius 1 is 1.39 bits per heavy atom. The van der Waals surface area contributed by atoms with Crippen LogP contribution in [0.5, 0.6) is 0 Å². The lowest BCUT2D eigenvalue weighted by Gasteiger charge is -2.30. The molecule has 4 heteroatoms. The minimum atomic E-state index is -0.677. The second-order valence-electron chi connectivity index (χ2n) is 4.85. The smallest absolute Gasteiger partial charge is 0.211 e. The monoisotopic (exact) mass is 249 g/mol. The van der Waals surface area contributed by atoms with E-state index in [4.69, 9.17) is 0 Å². The molecule has 1 aromatic carbocycles. The molecule has 0 aromatic heterocycles. The minimum absolute atomic E-state index is 0.209. The summed E-state index contributed by atoms with van der Waals surface area (Å²) in [6.45, 7) is 3.58. The Morgan fingerprint density at radius 2 is 2.00 bits per heavy atom. The van der Waals surface area contributed by atoms with Crippen LogP contribution in [0, 0.1) is 15.5 Å². The van der Waals surface area contributed by atoms with Gasteiger partial charge in [0, 0.05) is 10.3 Å². The van der Waals surface area contributed by atoms with Crippen LogP contribution in [0.2, 0.25) is 0 Å². The zero-order valence-electron chi connectivity index (χ0n) is 10.8. The Morgan fingerprint density at radius 3 is 2.44 bits per heavy atom. The van der Waals surface area contributed by atoms with Gasteiger partial charge in [-0.3, -0.25) is 10.1 Å². The SMILES string of the molecule is CCC[C@@](C)(C=O)[C@H](C[N+](=O)[O-])c1ccccc1. The van der Waals surface area contributed by atoms with Gasteiger partial charge in [-0.05, 0) is 12.0 Å². The molecule has 0 N–H and O–H groups in total. The van der Waals surface area contributed by atoms with Crippen molar-refractivity contribution >= 4 is 6.29 Å². The molecule has 0 amide bonds. The highest BCUT2D eigenvalue weighted by Gasteiger charge is 2.37. The Kier molecular flexibility index (Phi) is 5.01. The maximum Gasteiger partial charge on any atom is 0.211 e. The van der Waals surface area contributed by atoms with E-state index in [-0.39, 0.29) is 17.4 Å². The summed E-state index contributed by atoms with van der Waals surface area (Å²) in [6, 6.07) is 9.26.